The summed E-state index contributed by atoms with van der Waals surface area (Å²) in [5.41, 5.74) is 1.02. The second-order valence-corrected chi connectivity index (χ2v) is 7.98. The van der Waals surface area contributed by atoms with E-state index in [1.54, 1.807) is 6.92 Å². The van der Waals surface area contributed by atoms with E-state index in [0.717, 1.165) is 36.9 Å². The number of hydrogen-bond donors (Lipinski definition) is 2. The summed E-state index contributed by atoms with van der Waals surface area (Å²) in [6, 6.07) is 7.83. The molecule has 0 aliphatic carbocycles. The largest absolute Gasteiger partial charge is 0.397 e. The van der Waals surface area contributed by atoms with Gasteiger partial charge in [0.1, 0.15) is 11.8 Å². The SMILES string of the molecule is CCO.CC[C@@]12CCCN3C(=O)[C@H](O)[C@H]4c5ccccc5N(C(=O)CC1)[C@]432. The van der Waals surface area contributed by atoms with Crippen LogP contribution in [0.1, 0.15) is 57.4 Å². The van der Waals surface area contributed by atoms with Crippen molar-refractivity contribution in [3.63, 3.8) is 0 Å². The number of carbonyl (C=O) groups excluding carboxylic acids is 2. The maximum Gasteiger partial charge on any atom is 0.254 e. The normalized spacial score (nSPS) is 36.0. The summed E-state index contributed by atoms with van der Waals surface area (Å²) in [6.45, 7) is 4.73. The molecule has 2 amide bonds. The van der Waals surface area contributed by atoms with Crippen LogP contribution in [0.5, 0.6) is 0 Å². The zero-order valence-electron chi connectivity index (χ0n) is 16.0. The van der Waals surface area contributed by atoms with Gasteiger partial charge in [0.05, 0.1) is 5.92 Å². The Bertz CT molecular complexity index is 781. The molecule has 6 heteroatoms. The predicted molar refractivity (Wildman–Crippen MR) is 101 cm³/mol. The Morgan fingerprint density at radius 3 is 2.59 bits per heavy atom. The van der Waals surface area contributed by atoms with Crippen molar-refractivity contribution < 1.29 is 19.8 Å². The number of nitrogens with zero attached hydrogens (tertiary/aromatic N) is 2. The number of anilines is 1. The van der Waals surface area contributed by atoms with Gasteiger partial charge in [-0.3, -0.25) is 14.5 Å². The van der Waals surface area contributed by atoms with Gasteiger partial charge in [0.2, 0.25) is 5.91 Å². The first-order valence-electron chi connectivity index (χ1n) is 10.0. The maximum atomic E-state index is 13.0. The van der Waals surface area contributed by atoms with Crippen LogP contribution in [0, 0.1) is 5.41 Å². The van der Waals surface area contributed by atoms with E-state index < -0.39 is 11.8 Å². The zero-order chi connectivity index (χ0) is 19.4. The van der Waals surface area contributed by atoms with Crippen LogP contribution < -0.4 is 4.90 Å². The average Bonchev–Trinajstić information content (AvgIpc) is 3.10. The topological polar surface area (TPSA) is 81.1 Å². The highest BCUT2D eigenvalue weighted by molar-refractivity contribution is 6.03. The predicted octanol–water partition coefficient (Wildman–Crippen LogP) is 2.00. The van der Waals surface area contributed by atoms with Crippen LogP contribution in [0.2, 0.25) is 0 Å². The molecule has 0 unspecified atom stereocenters. The molecule has 0 saturated carbocycles. The molecule has 1 aromatic rings. The number of hydrogen-bond acceptors (Lipinski definition) is 4. The summed E-state index contributed by atoms with van der Waals surface area (Å²) in [7, 11) is 0. The van der Waals surface area contributed by atoms with E-state index in [-0.39, 0.29) is 29.8 Å². The summed E-state index contributed by atoms with van der Waals surface area (Å²) in [4.78, 5) is 29.6. The number of aliphatic hydroxyl groups excluding tert-OH is 2. The minimum Gasteiger partial charge on any atom is -0.397 e. The number of aliphatic hydroxyl groups is 2. The molecule has 4 aliphatic heterocycles. The fourth-order valence-corrected chi connectivity index (χ4v) is 6.24. The van der Waals surface area contributed by atoms with Gasteiger partial charge in [0.25, 0.3) is 5.91 Å². The minimum absolute atomic E-state index is 0.0859. The lowest BCUT2D eigenvalue weighted by molar-refractivity contribution is -0.151. The first kappa shape index (κ1) is 18.4. The van der Waals surface area contributed by atoms with Gasteiger partial charge in [0.15, 0.2) is 0 Å². The Labute approximate surface area is 159 Å². The highest BCUT2D eigenvalue weighted by Gasteiger charge is 2.76. The molecule has 0 radical (unpaired) electrons. The van der Waals surface area contributed by atoms with Crippen LogP contribution in [0.3, 0.4) is 0 Å². The third-order valence-corrected chi connectivity index (χ3v) is 7.09. The van der Waals surface area contributed by atoms with Crippen LogP contribution in [0.25, 0.3) is 0 Å². The lowest BCUT2D eigenvalue weighted by atomic mass is 9.58. The molecular formula is C21H28N2O4. The number of benzene rings is 1. The van der Waals surface area contributed by atoms with Crippen molar-refractivity contribution in [3.8, 4) is 0 Å². The smallest absolute Gasteiger partial charge is 0.254 e. The van der Waals surface area contributed by atoms with Crippen LogP contribution in [0.15, 0.2) is 24.3 Å². The van der Waals surface area contributed by atoms with Crippen molar-refractivity contribution in [1.29, 1.82) is 0 Å². The van der Waals surface area contributed by atoms with Gasteiger partial charge >= 0.3 is 0 Å². The van der Waals surface area contributed by atoms with Crippen LogP contribution >= 0.6 is 0 Å². The lowest BCUT2D eigenvalue weighted by Crippen LogP contribution is -2.73. The summed E-state index contributed by atoms with van der Waals surface area (Å²) >= 11 is 0. The zero-order valence-corrected chi connectivity index (χ0v) is 16.0. The average molecular weight is 372 g/mol. The van der Waals surface area contributed by atoms with Crippen LogP contribution in [0.4, 0.5) is 5.69 Å². The van der Waals surface area contributed by atoms with Crippen molar-refractivity contribution in [2.24, 2.45) is 5.41 Å². The molecule has 6 nitrogen and oxygen atoms in total. The summed E-state index contributed by atoms with van der Waals surface area (Å²) in [5.74, 6) is -0.444. The number of piperidine rings is 2. The Balaban J connectivity index is 0.000000565. The van der Waals surface area contributed by atoms with E-state index >= 15 is 0 Å². The third kappa shape index (κ3) is 2.03. The highest BCUT2D eigenvalue weighted by Crippen LogP contribution is 2.68. The Kier molecular flexibility index (Phi) is 4.31. The van der Waals surface area contributed by atoms with Crippen LogP contribution in [-0.4, -0.2) is 51.8 Å². The Morgan fingerprint density at radius 1 is 1.19 bits per heavy atom. The fraction of sp³-hybridized carbons (Fsp3) is 0.619. The maximum absolute atomic E-state index is 13.0. The number of rotatable bonds is 1. The summed E-state index contributed by atoms with van der Waals surface area (Å²) < 4.78 is 0. The van der Waals surface area contributed by atoms with Gasteiger partial charge in [-0.05, 0) is 44.2 Å². The standard InChI is InChI=1S/C19H22N2O3.C2H6O/c1-2-18-9-5-11-20-17(24)16(23)15-12-6-3-4-7-13(12)21(19(15,18)20)14(22)8-10-18;1-2-3/h3-4,6-7,15-16,23H,2,5,8-11H2,1H3;3H,2H2,1H3/t15-,16-,18-,19+;/m1./s1. The molecule has 1 aromatic carbocycles. The number of carbonyl (C=O) groups is 2. The van der Waals surface area contributed by atoms with E-state index in [2.05, 4.69) is 6.92 Å². The monoisotopic (exact) mass is 372 g/mol. The van der Waals surface area contributed by atoms with Crippen molar-refractivity contribution in [1.82, 2.24) is 4.90 Å². The molecule has 4 aliphatic rings. The molecule has 5 rings (SSSR count). The number of fused-ring (bicyclic) bond motifs is 3. The van der Waals surface area contributed by atoms with Crippen LogP contribution in [-0.2, 0) is 9.59 Å². The Morgan fingerprint density at radius 2 is 1.89 bits per heavy atom. The number of amides is 2. The molecule has 1 spiro atoms. The molecule has 146 valence electrons. The molecule has 4 heterocycles. The third-order valence-electron chi connectivity index (χ3n) is 7.09. The fourth-order valence-electron chi connectivity index (χ4n) is 6.24. The number of para-hydroxylation sites is 1. The van der Waals surface area contributed by atoms with E-state index in [1.165, 1.54) is 0 Å². The highest BCUT2D eigenvalue weighted by atomic mass is 16.3. The molecular weight excluding hydrogens is 344 g/mol. The first-order chi connectivity index (χ1) is 13.0. The van der Waals surface area contributed by atoms with Crippen molar-refractivity contribution in [2.45, 2.75) is 63.6 Å². The van der Waals surface area contributed by atoms with E-state index in [1.807, 2.05) is 34.1 Å². The van der Waals surface area contributed by atoms with Crippen molar-refractivity contribution in [2.75, 3.05) is 18.1 Å². The van der Waals surface area contributed by atoms with Gasteiger partial charge in [-0.1, -0.05) is 25.1 Å². The quantitative estimate of drug-likeness (QED) is 0.790. The van der Waals surface area contributed by atoms with Crippen molar-refractivity contribution >= 4 is 17.5 Å². The van der Waals surface area contributed by atoms with Gasteiger partial charge in [0, 0.05) is 30.7 Å². The molecule has 2 N–H and O–H groups in total. The van der Waals surface area contributed by atoms with E-state index in [9.17, 15) is 14.7 Å². The molecule has 0 bridgehead atoms. The van der Waals surface area contributed by atoms with Gasteiger partial charge < -0.3 is 15.1 Å². The lowest BCUT2D eigenvalue weighted by Gasteiger charge is -2.62. The van der Waals surface area contributed by atoms with Crippen molar-refractivity contribution in [3.05, 3.63) is 29.8 Å². The summed E-state index contributed by atoms with van der Waals surface area (Å²) in [5, 5.41) is 18.4. The minimum atomic E-state index is -1.05. The molecule has 0 aromatic heterocycles. The molecule has 3 saturated heterocycles. The van der Waals surface area contributed by atoms with E-state index in [0.29, 0.717) is 13.0 Å². The molecule has 3 fully saturated rings. The van der Waals surface area contributed by atoms with Gasteiger partial charge in [-0.2, -0.15) is 0 Å². The van der Waals surface area contributed by atoms with E-state index in [4.69, 9.17) is 5.11 Å². The second kappa shape index (κ2) is 6.31. The van der Waals surface area contributed by atoms with Gasteiger partial charge in [-0.25, -0.2) is 0 Å². The summed E-state index contributed by atoms with van der Waals surface area (Å²) in [6.07, 6.45) is 3.14. The molecule has 27 heavy (non-hydrogen) atoms. The van der Waals surface area contributed by atoms with Gasteiger partial charge in [-0.15, -0.1) is 0 Å². The Hall–Kier alpha value is -1.92. The molecule has 4 atom stereocenters. The first-order valence-corrected chi connectivity index (χ1v) is 10.0. The second-order valence-electron chi connectivity index (χ2n) is 7.98.